The molecule has 3 rings (SSSR count). The van der Waals surface area contributed by atoms with Gasteiger partial charge in [0.15, 0.2) is 17.1 Å². The Balaban J connectivity index is 1.68. The Hall–Kier alpha value is -3.06. The van der Waals surface area contributed by atoms with Crippen LogP contribution in [0, 0.1) is 20.8 Å². The molecule has 0 spiro atoms. The van der Waals surface area contributed by atoms with Crippen molar-refractivity contribution in [1.29, 1.82) is 0 Å². The van der Waals surface area contributed by atoms with E-state index in [-0.39, 0.29) is 17.8 Å². The molecule has 1 unspecified atom stereocenters. The molecule has 0 aliphatic rings. The van der Waals surface area contributed by atoms with Crippen LogP contribution in [-0.2, 0) is 11.3 Å². The molecule has 0 saturated heterocycles. The number of amides is 1. The van der Waals surface area contributed by atoms with Crippen molar-refractivity contribution in [3.63, 3.8) is 0 Å². The Morgan fingerprint density at radius 1 is 1.23 bits per heavy atom. The Labute approximate surface area is 187 Å². The maximum absolute atomic E-state index is 12.5. The number of aromatic nitrogens is 3. The Kier molecular flexibility index (Phi) is 7.52. The number of ether oxygens (including phenoxy) is 1. The van der Waals surface area contributed by atoms with Crippen LogP contribution in [0.2, 0.25) is 0 Å². The minimum Gasteiger partial charge on any atom is -0.483 e. The standard InChI is InChI=1S/C24H28N4O2S/c1-6-13-28-23(19(5)30-20-11-7-9-16(2)14-20)26-27-24(28)31-15-22(29)25-21-12-8-10-17(3)18(21)4/h6-12,14,19H,1,13,15H2,2-5H3,(H,25,29). The van der Waals surface area contributed by atoms with E-state index in [1.807, 2.05) is 74.7 Å². The number of hydrogen-bond donors (Lipinski definition) is 1. The normalized spacial score (nSPS) is 11.7. The Morgan fingerprint density at radius 2 is 2.00 bits per heavy atom. The summed E-state index contributed by atoms with van der Waals surface area (Å²) < 4.78 is 8.00. The van der Waals surface area contributed by atoms with Crippen LogP contribution in [0.15, 0.2) is 60.3 Å². The first kappa shape index (κ1) is 22.6. The summed E-state index contributed by atoms with van der Waals surface area (Å²) in [6.45, 7) is 12.4. The van der Waals surface area contributed by atoms with E-state index in [4.69, 9.17) is 4.74 Å². The number of nitrogens with one attached hydrogen (secondary N) is 1. The van der Waals surface area contributed by atoms with Gasteiger partial charge in [0, 0.05) is 12.2 Å². The first-order chi connectivity index (χ1) is 14.9. The number of thioether (sulfide) groups is 1. The van der Waals surface area contributed by atoms with Crippen molar-refractivity contribution >= 4 is 23.4 Å². The molecule has 0 aliphatic heterocycles. The quantitative estimate of drug-likeness (QED) is 0.366. The lowest BCUT2D eigenvalue weighted by Gasteiger charge is -2.16. The van der Waals surface area contributed by atoms with E-state index in [0.717, 1.165) is 28.1 Å². The van der Waals surface area contributed by atoms with E-state index in [0.29, 0.717) is 17.5 Å². The first-order valence-corrected chi connectivity index (χ1v) is 11.1. The number of hydrogen-bond acceptors (Lipinski definition) is 5. The van der Waals surface area contributed by atoms with Gasteiger partial charge in [-0.05, 0) is 62.6 Å². The molecule has 3 aromatic rings. The second kappa shape index (κ2) is 10.3. The minimum atomic E-state index is -0.299. The largest absolute Gasteiger partial charge is 0.483 e. The fourth-order valence-corrected chi connectivity index (χ4v) is 3.91. The Morgan fingerprint density at radius 3 is 2.74 bits per heavy atom. The van der Waals surface area contributed by atoms with Crippen LogP contribution in [0.5, 0.6) is 5.75 Å². The zero-order valence-electron chi connectivity index (χ0n) is 18.4. The summed E-state index contributed by atoms with van der Waals surface area (Å²) in [7, 11) is 0. The van der Waals surface area contributed by atoms with Gasteiger partial charge in [-0.3, -0.25) is 9.36 Å². The van der Waals surface area contributed by atoms with E-state index < -0.39 is 0 Å². The number of nitrogens with zero attached hydrogens (tertiary/aromatic N) is 3. The maximum atomic E-state index is 12.5. The van der Waals surface area contributed by atoms with E-state index in [1.54, 1.807) is 6.08 Å². The molecule has 0 radical (unpaired) electrons. The van der Waals surface area contributed by atoms with Gasteiger partial charge in [0.1, 0.15) is 5.75 Å². The van der Waals surface area contributed by atoms with Gasteiger partial charge < -0.3 is 10.1 Å². The molecular weight excluding hydrogens is 408 g/mol. The minimum absolute atomic E-state index is 0.0857. The molecule has 1 aromatic heterocycles. The summed E-state index contributed by atoms with van der Waals surface area (Å²) in [4.78, 5) is 12.5. The molecule has 1 atom stereocenters. The van der Waals surface area contributed by atoms with Crippen molar-refractivity contribution in [2.75, 3.05) is 11.1 Å². The van der Waals surface area contributed by atoms with Gasteiger partial charge in [-0.2, -0.15) is 0 Å². The lowest BCUT2D eigenvalue weighted by atomic mass is 10.1. The number of rotatable bonds is 9. The molecule has 1 N–H and O–H groups in total. The number of benzene rings is 2. The summed E-state index contributed by atoms with van der Waals surface area (Å²) in [6.07, 6.45) is 1.49. The first-order valence-electron chi connectivity index (χ1n) is 10.1. The topological polar surface area (TPSA) is 69.0 Å². The average Bonchev–Trinajstić information content (AvgIpc) is 3.13. The molecule has 0 fully saturated rings. The monoisotopic (exact) mass is 436 g/mol. The summed E-state index contributed by atoms with van der Waals surface area (Å²) in [5.41, 5.74) is 4.17. The van der Waals surface area contributed by atoms with E-state index >= 15 is 0 Å². The Bertz CT molecular complexity index is 1080. The zero-order chi connectivity index (χ0) is 22.4. The van der Waals surface area contributed by atoms with E-state index in [1.165, 1.54) is 11.8 Å². The van der Waals surface area contributed by atoms with Gasteiger partial charge in [0.2, 0.25) is 5.91 Å². The zero-order valence-corrected chi connectivity index (χ0v) is 19.2. The fraction of sp³-hybridized carbons (Fsp3) is 0.292. The van der Waals surface area contributed by atoms with Crippen molar-refractivity contribution in [1.82, 2.24) is 14.8 Å². The maximum Gasteiger partial charge on any atom is 0.234 e. The van der Waals surface area contributed by atoms with Crippen LogP contribution < -0.4 is 10.1 Å². The van der Waals surface area contributed by atoms with Gasteiger partial charge in [0.25, 0.3) is 0 Å². The highest BCUT2D eigenvalue weighted by Gasteiger charge is 2.20. The van der Waals surface area contributed by atoms with Gasteiger partial charge in [-0.25, -0.2) is 0 Å². The molecule has 6 nitrogen and oxygen atoms in total. The average molecular weight is 437 g/mol. The third kappa shape index (κ3) is 5.76. The molecule has 1 heterocycles. The predicted molar refractivity (Wildman–Crippen MR) is 126 cm³/mol. The molecule has 0 saturated carbocycles. The number of anilines is 1. The number of allylic oxidation sites excluding steroid dienone is 1. The van der Waals surface area contributed by atoms with Gasteiger partial charge in [0.05, 0.1) is 5.75 Å². The van der Waals surface area contributed by atoms with Crippen LogP contribution in [0.25, 0.3) is 0 Å². The van der Waals surface area contributed by atoms with Gasteiger partial charge in [-0.15, -0.1) is 16.8 Å². The lowest BCUT2D eigenvalue weighted by molar-refractivity contribution is -0.113. The molecule has 31 heavy (non-hydrogen) atoms. The predicted octanol–water partition coefficient (Wildman–Crippen LogP) is 5.26. The van der Waals surface area contributed by atoms with Crippen molar-refractivity contribution in [3.8, 4) is 5.75 Å². The van der Waals surface area contributed by atoms with Crippen LogP contribution in [-0.4, -0.2) is 26.4 Å². The molecular formula is C24H28N4O2S. The molecule has 0 bridgehead atoms. The highest BCUT2D eigenvalue weighted by atomic mass is 32.2. The van der Waals surface area contributed by atoms with Crippen molar-refractivity contribution < 1.29 is 9.53 Å². The van der Waals surface area contributed by atoms with Gasteiger partial charge in [-0.1, -0.05) is 42.1 Å². The van der Waals surface area contributed by atoms with E-state index in [2.05, 4.69) is 22.1 Å². The third-order valence-electron chi connectivity index (χ3n) is 4.93. The molecule has 162 valence electrons. The SMILES string of the molecule is C=CCn1c(SCC(=O)Nc2cccc(C)c2C)nnc1C(C)Oc1cccc(C)c1. The van der Waals surface area contributed by atoms with Crippen molar-refractivity contribution in [2.45, 2.75) is 45.5 Å². The van der Waals surface area contributed by atoms with Crippen LogP contribution in [0.4, 0.5) is 5.69 Å². The number of carbonyl (C=O) groups is 1. The summed E-state index contributed by atoms with van der Waals surface area (Å²) in [6, 6.07) is 13.8. The van der Waals surface area contributed by atoms with Gasteiger partial charge >= 0.3 is 0 Å². The van der Waals surface area contributed by atoms with Crippen LogP contribution in [0.1, 0.15) is 35.5 Å². The lowest BCUT2D eigenvalue weighted by Crippen LogP contribution is -2.16. The highest BCUT2D eigenvalue weighted by Crippen LogP contribution is 2.25. The second-order valence-corrected chi connectivity index (χ2v) is 8.34. The van der Waals surface area contributed by atoms with Crippen molar-refractivity contribution in [2.24, 2.45) is 0 Å². The summed E-state index contributed by atoms with van der Waals surface area (Å²) in [5.74, 6) is 1.62. The van der Waals surface area contributed by atoms with Crippen molar-refractivity contribution in [3.05, 3.63) is 77.6 Å². The molecule has 1 amide bonds. The molecule has 0 aliphatic carbocycles. The highest BCUT2D eigenvalue weighted by molar-refractivity contribution is 7.99. The van der Waals surface area contributed by atoms with Crippen LogP contribution in [0.3, 0.4) is 0 Å². The fourth-order valence-electron chi connectivity index (χ4n) is 3.16. The summed E-state index contributed by atoms with van der Waals surface area (Å²) >= 11 is 1.35. The number of aryl methyl sites for hydroxylation is 2. The smallest absolute Gasteiger partial charge is 0.234 e. The third-order valence-corrected chi connectivity index (χ3v) is 5.90. The molecule has 2 aromatic carbocycles. The van der Waals surface area contributed by atoms with E-state index in [9.17, 15) is 4.79 Å². The molecule has 7 heteroatoms. The van der Waals surface area contributed by atoms with Crippen LogP contribution >= 0.6 is 11.8 Å². The summed E-state index contributed by atoms with van der Waals surface area (Å²) in [5, 5.41) is 12.3. The second-order valence-electron chi connectivity index (χ2n) is 7.40. The number of carbonyl (C=O) groups excluding carboxylic acids is 1.